The molecule has 0 aliphatic carbocycles. The SMILES string of the molecule is C1=CON2SSC2=C1. The third-order valence-electron chi connectivity index (χ3n) is 0.844. The molecule has 2 heterocycles. The van der Waals surface area contributed by atoms with Gasteiger partial charge in [-0.05, 0) is 22.9 Å². The highest BCUT2D eigenvalue weighted by atomic mass is 33.1. The number of nitrogens with zero attached hydrogens (tertiary/aromatic N) is 1. The van der Waals surface area contributed by atoms with Crippen LogP contribution >= 0.6 is 21.8 Å². The van der Waals surface area contributed by atoms with Gasteiger partial charge < -0.3 is 4.84 Å². The van der Waals surface area contributed by atoms with E-state index >= 15 is 0 Å². The second-order valence-corrected chi connectivity index (χ2v) is 3.37. The van der Waals surface area contributed by atoms with Gasteiger partial charge in [-0.1, -0.05) is 0 Å². The van der Waals surface area contributed by atoms with Gasteiger partial charge in [-0.25, -0.2) is 0 Å². The van der Waals surface area contributed by atoms with Crippen LogP contribution in [0.3, 0.4) is 0 Å². The molecule has 0 aromatic rings. The first kappa shape index (κ1) is 4.64. The second kappa shape index (κ2) is 1.63. The van der Waals surface area contributed by atoms with Crippen LogP contribution in [0, 0.1) is 0 Å². The van der Waals surface area contributed by atoms with Gasteiger partial charge in [-0.15, -0.1) is 4.47 Å². The first-order chi connectivity index (χ1) is 3.97. The fourth-order valence-electron chi connectivity index (χ4n) is 0.481. The maximum atomic E-state index is 5.00. The fourth-order valence-corrected chi connectivity index (χ4v) is 1.96. The predicted octanol–water partition coefficient (Wildman–Crippen LogP) is 1.90. The maximum absolute atomic E-state index is 5.00. The quantitative estimate of drug-likeness (QED) is 0.381. The summed E-state index contributed by atoms with van der Waals surface area (Å²) in [6, 6.07) is 0. The standard InChI is InChI=1S/C4H3NOS2/c1-2-4-5(6-3-1)8-7-4/h1-3H. The highest BCUT2D eigenvalue weighted by Crippen LogP contribution is 2.50. The summed E-state index contributed by atoms with van der Waals surface area (Å²) in [6.07, 6.45) is 5.57. The van der Waals surface area contributed by atoms with Crippen LogP contribution in [-0.2, 0) is 4.84 Å². The number of hydrogen-bond donors (Lipinski definition) is 0. The van der Waals surface area contributed by atoms with Crippen LogP contribution in [0.25, 0.3) is 0 Å². The molecule has 0 amide bonds. The molecule has 0 spiro atoms. The van der Waals surface area contributed by atoms with Gasteiger partial charge >= 0.3 is 0 Å². The molecule has 2 nitrogen and oxygen atoms in total. The fraction of sp³-hybridized carbons (Fsp3) is 0. The zero-order valence-electron chi connectivity index (χ0n) is 3.90. The van der Waals surface area contributed by atoms with Crippen LogP contribution in [0.1, 0.15) is 0 Å². The van der Waals surface area contributed by atoms with Gasteiger partial charge in [0.05, 0.1) is 11.0 Å². The topological polar surface area (TPSA) is 12.5 Å². The summed E-state index contributed by atoms with van der Waals surface area (Å²) in [7, 11) is 3.31. The predicted molar refractivity (Wildman–Crippen MR) is 35.3 cm³/mol. The first-order valence-electron chi connectivity index (χ1n) is 2.15. The van der Waals surface area contributed by atoms with E-state index in [0.717, 1.165) is 0 Å². The third-order valence-corrected chi connectivity index (χ3v) is 3.07. The summed E-state index contributed by atoms with van der Waals surface area (Å²) in [4.78, 5) is 5.00. The Morgan fingerprint density at radius 1 is 1.62 bits per heavy atom. The van der Waals surface area contributed by atoms with E-state index in [-0.39, 0.29) is 0 Å². The Hall–Kier alpha value is -0.220. The van der Waals surface area contributed by atoms with E-state index in [9.17, 15) is 0 Å². The molecular weight excluding hydrogens is 142 g/mol. The van der Waals surface area contributed by atoms with Crippen LogP contribution in [-0.4, -0.2) is 4.47 Å². The maximum Gasteiger partial charge on any atom is 0.134 e. The highest BCUT2D eigenvalue weighted by molar-refractivity contribution is 8.80. The summed E-state index contributed by atoms with van der Waals surface area (Å²) in [5, 5.41) is 1.18. The van der Waals surface area contributed by atoms with E-state index in [2.05, 4.69) is 0 Å². The van der Waals surface area contributed by atoms with Crippen LogP contribution in [0.2, 0.25) is 0 Å². The summed E-state index contributed by atoms with van der Waals surface area (Å²) < 4.78 is 1.77. The summed E-state index contributed by atoms with van der Waals surface area (Å²) in [5.74, 6) is 0. The van der Waals surface area contributed by atoms with Crippen molar-refractivity contribution in [3.63, 3.8) is 0 Å². The third kappa shape index (κ3) is 0.530. The number of rotatable bonds is 0. The van der Waals surface area contributed by atoms with E-state index in [1.165, 1.54) is 5.03 Å². The molecule has 2 aliphatic rings. The van der Waals surface area contributed by atoms with Crippen LogP contribution in [0.4, 0.5) is 0 Å². The number of allylic oxidation sites excluding steroid dienone is 2. The van der Waals surface area contributed by atoms with Crippen molar-refractivity contribution in [1.29, 1.82) is 0 Å². The van der Waals surface area contributed by atoms with Gasteiger partial charge in [0.1, 0.15) is 11.3 Å². The van der Waals surface area contributed by atoms with Crippen molar-refractivity contribution in [1.82, 2.24) is 4.47 Å². The molecule has 4 heteroatoms. The molecule has 0 unspecified atom stereocenters. The van der Waals surface area contributed by atoms with Crippen LogP contribution < -0.4 is 0 Å². The summed E-state index contributed by atoms with van der Waals surface area (Å²) in [5.41, 5.74) is 0. The lowest BCUT2D eigenvalue weighted by molar-refractivity contribution is 0.0347. The van der Waals surface area contributed by atoms with Crippen LogP contribution in [0.15, 0.2) is 23.4 Å². The zero-order chi connectivity index (χ0) is 5.40. The zero-order valence-corrected chi connectivity index (χ0v) is 5.54. The molecule has 0 aromatic heterocycles. The Kier molecular flexibility index (Phi) is 0.947. The highest BCUT2D eigenvalue weighted by Gasteiger charge is 2.24. The second-order valence-electron chi connectivity index (χ2n) is 1.35. The molecule has 0 aromatic carbocycles. The summed E-state index contributed by atoms with van der Waals surface area (Å²) in [6.45, 7) is 0. The van der Waals surface area contributed by atoms with E-state index in [0.29, 0.717) is 0 Å². The lowest BCUT2D eigenvalue weighted by Crippen LogP contribution is -2.17. The number of hydroxylamine groups is 1. The van der Waals surface area contributed by atoms with Crippen molar-refractivity contribution in [2.45, 2.75) is 0 Å². The van der Waals surface area contributed by atoms with Crippen molar-refractivity contribution in [2.24, 2.45) is 0 Å². The molecule has 8 heavy (non-hydrogen) atoms. The first-order valence-corrected chi connectivity index (χ1v) is 4.26. The Bertz CT molecular complexity index is 165. The molecule has 0 N–H and O–H groups in total. The average molecular weight is 145 g/mol. The normalized spacial score (nSPS) is 23.0. The Morgan fingerprint density at radius 2 is 2.62 bits per heavy atom. The largest absolute Gasteiger partial charge is 0.375 e. The monoisotopic (exact) mass is 145 g/mol. The Balaban J connectivity index is 2.23. The van der Waals surface area contributed by atoms with Gasteiger partial charge in [0.25, 0.3) is 0 Å². The lowest BCUT2D eigenvalue weighted by Gasteiger charge is -2.31. The minimum absolute atomic E-state index is 1.18. The Morgan fingerprint density at radius 3 is 3.00 bits per heavy atom. The molecule has 0 bridgehead atoms. The van der Waals surface area contributed by atoms with Crippen molar-refractivity contribution < 1.29 is 4.84 Å². The van der Waals surface area contributed by atoms with Gasteiger partial charge in [0.15, 0.2) is 0 Å². The molecule has 0 radical (unpaired) electrons. The van der Waals surface area contributed by atoms with Gasteiger partial charge in [0, 0.05) is 0 Å². The average Bonchev–Trinajstić information content (AvgIpc) is 1.72. The van der Waals surface area contributed by atoms with Crippen molar-refractivity contribution in [3.05, 3.63) is 23.4 Å². The number of hydrogen-bond acceptors (Lipinski definition) is 4. The van der Waals surface area contributed by atoms with Gasteiger partial charge in [0.2, 0.25) is 0 Å². The molecule has 2 aliphatic heterocycles. The lowest BCUT2D eigenvalue weighted by atomic mass is 10.6. The molecule has 1 saturated heterocycles. The summed E-state index contributed by atoms with van der Waals surface area (Å²) >= 11 is 0. The molecular formula is C4H3NOS2. The van der Waals surface area contributed by atoms with Crippen molar-refractivity contribution >= 4 is 21.8 Å². The molecule has 0 atom stereocenters. The van der Waals surface area contributed by atoms with Gasteiger partial charge in [-0.3, -0.25) is 0 Å². The molecule has 2 rings (SSSR count). The minimum atomic E-state index is 1.18. The van der Waals surface area contributed by atoms with E-state index in [1.54, 1.807) is 32.5 Å². The van der Waals surface area contributed by atoms with Crippen LogP contribution in [0.5, 0.6) is 0 Å². The van der Waals surface area contributed by atoms with E-state index in [1.807, 2.05) is 12.2 Å². The molecule has 0 saturated carbocycles. The van der Waals surface area contributed by atoms with Crippen molar-refractivity contribution in [2.75, 3.05) is 0 Å². The molecule has 42 valence electrons. The minimum Gasteiger partial charge on any atom is -0.375 e. The smallest absolute Gasteiger partial charge is 0.134 e. The van der Waals surface area contributed by atoms with Gasteiger partial charge in [-0.2, -0.15) is 0 Å². The van der Waals surface area contributed by atoms with E-state index < -0.39 is 0 Å². The van der Waals surface area contributed by atoms with Crippen molar-refractivity contribution in [3.8, 4) is 0 Å². The molecule has 1 fully saturated rings. The van der Waals surface area contributed by atoms with E-state index in [4.69, 9.17) is 4.84 Å². The Labute approximate surface area is 55.1 Å². The number of fused-ring (bicyclic) bond motifs is 1.